The number of hydrogen-bond donors (Lipinski definition) is 1. The Bertz CT molecular complexity index is 665. The molecule has 3 aromatic rings. The first-order valence-corrected chi connectivity index (χ1v) is 5.85. The molecule has 0 aliphatic rings. The minimum absolute atomic E-state index is 0.139. The highest BCUT2D eigenvalue weighted by molar-refractivity contribution is 5.79. The Balaban J connectivity index is 2.04. The van der Waals surface area contributed by atoms with Crippen LogP contribution in [0.4, 0.5) is 0 Å². The summed E-state index contributed by atoms with van der Waals surface area (Å²) in [6, 6.07) is 13.9. The normalized spacial score (nSPS) is 12.5. The van der Waals surface area contributed by atoms with E-state index in [9.17, 15) is 0 Å². The summed E-state index contributed by atoms with van der Waals surface area (Å²) in [5, 5.41) is 1.13. The van der Waals surface area contributed by atoms with Gasteiger partial charge in [0.1, 0.15) is 0 Å². The summed E-state index contributed by atoms with van der Waals surface area (Å²) in [4.78, 5) is 8.35. The third kappa shape index (κ3) is 1.96. The van der Waals surface area contributed by atoms with Crippen LogP contribution in [-0.4, -0.2) is 9.97 Å². The van der Waals surface area contributed by atoms with E-state index in [-0.39, 0.29) is 6.04 Å². The summed E-state index contributed by atoms with van der Waals surface area (Å²) >= 11 is 0. The van der Waals surface area contributed by atoms with Gasteiger partial charge in [-0.1, -0.05) is 18.2 Å². The van der Waals surface area contributed by atoms with Crippen molar-refractivity contribution in [2.75, 3.05) is 0 Å². The van der Waals surface area contributed by atoms with E-state index in [4.69, 9.17) is 5.73 Å². The zero-order valence-corrected chi connectivity index (χ0v) is 9.82. The molecule has 1 unspecified atom stereocenters. The van der Waals surface area contributed by atoms with Crippen LogP contribution in [0, 0.1) is 0 Å². The molecule has 0 fully saturated rings. The van der Waals surface area contributed by atoms with E-state index >= 15 is 0 Å². The summed E-state index contributed by atoms with van der Waals surface area (Å²) in [6.45, 7) is 0. The summed E-state index contributed by atoms with van der Waals surface area (Å²) in [5.74, 6) is 0. The number of rotatable bonds is 2. The first-order chi connectivity index (χ1) is 8.84. The van der Waals surface area contributed by atoms with Crippen molar-refractivity contribution in [1.29, 1.82) is 0 Å². The van der Waals surface area contributed by atoms with Gasteiger partial charge in [-0.05, 0) is 35.4 Å². The van der Waals surface area contributed by atoms with Crippen LogP contribution in [0.2, 0.25) is 0 Å². The highest BCUT2D eigenvalue weighted by Crippen LogP contribution is 2.22. The van der Waals surface area contributed by atoms with Crippen molar-refractivity contribution in [2.45, 2.75) is 6.04 Å². The van der Waals surface area contributed by atoms with E-state index < -0.39 is 0 Å². The molecule has 3 heteroatoms. The lowest BCUT2D eigenvalue weighted by Crippen LogP contribution is -2.11. The van der Waals surface area contributed by atoms with Gasteiger partial charge in [0.15, 0.2) is 0 Å². The highest BCUT2D eigenvalue weighted by atomic mass is 14.7. The summed E-state index contributed by atoms with van der Waals surface area (Å²) in [6.07, 6.45) is 5.31. The lowest BCUT2D eigenvalue weighted by Gasteiger charge is -2.12. The largest absolute Gasteiger partial charge is 0.320 e. The number of hydrogen-bond acceptors (Lipinski definition) is 3. The second-order valence-electron chi connectivity index (χ2n) is 4.21. The first-order valence-electron chi connectivity index (χ1n) is 5.85. The Morgan fingerprint density at radius 3 is 2.56 bits per heavy atom. The third-order valence-corrected chi connectivity index (χ3v) is 3.05. The molecule has 0 amide bonds. The van der Waals surface area contributed by atoms with Crippen molar-refractivity contribution in [2.24, 2.45) is 5.73 Å². The lowest BCUT2D eigenvalue weighted by molar-refractivity contribution is 0.869. The van der Waals surface area contributed by atoms with Gasteiger partial charge in [-0.15, -0.1) is 0 Å². The first kappa shape index (κ1) is 10.9. The van der Waals surface area contributed by atoms with Crippen LogP contribution in [0.25, 0.3) is 10.9 Å². The molecule has 18 heavy (non-hydrogen) atoms. The van der Waals surface area contributed by atoms with E-state index in [2.05, 4.69) is 22.1 Å². The van der Waals surface area contributed by atoms with Crippen LogP contribution in [0.5, 0.6) is 0 Å². The van der Waals surface area contributed by atoms with Gasteiger partial charge < -0.3 is 5.73 Å². The van der Waals surface area contributed by atoms with Gasteiger partial charge in [0.25, 0.3) is 0 Å². The van der Waals surface area contributed by atoms with E-state index in [0.29, 0.717) is 0 Å². The predicted molar refractivity (Wildman–Crippen MR) is 72.0 cm³/mol. The average Bonchev–Trinajstić information content (AvgIpc) is 2.47. The molecule has 1 atom stereocenters. The summed E-state index contributed by atoms with van der Waals surface area (Å²) in [5.41, 5.74) is 9.34. The quantitative estimate of drug-likeness (QED) is 0.743. The second-order valence-corrected chi connectivity index (χ2v) is 4.21. The SMILES string of the molecule is NC(c1ccncc1)c1ccc2cccnc2c1. The maximum Gasteiger partial charge on any atom is 0.0705 e. The van der Waals surface area contributed by atoms with Gasteiger partial charge in [-0.3, -0.25) is 9.97 Å². The van der Waals surface area contributed by atoms with Gasteiger partial charge in [0.2, 0.25) is 0 Å². The minimum Gasteiger partial charge on any atom is -0.320 e. The minimum atomic E-state index is -0.139. The van der Waals surface area contributed by atoms with Crippen LogP contribution in [0.3, 0.4) is 0 Å². The Kier molecular flexibility index (Phi) is 2.74. The molecule has 0 aliphatic heterocycles. The molecule has 1 aromatic carbocycles. The topological polar surface area (TPSA) is 51.8 Å². The molecular weight excluding hydrogens is 222 g/mol. The van der Waals surface area contributed by atoms with Gasteiger partial charge in [-0.25, -0.2) is 0 Å². The Morgan fingerprint density at radius 1 is 0.889 bits per heavy atom. The van der Waals surface area contributed by atoms with E-state index in [0.717, 1.165) is 22.0 Å². The monoisotopic (exact) mass is 235 g/mol. The van der Waals surface area contributed by atoms with Gasteiger partial charge in [-0.2, -0.15) is 0 Å². The van der Waals surface area contributed by atoms with Crippen molar-refractivity contribution >= 4 is 10.9 Å². The molecular formula is C15H13N3. The molecule has 2 heterocycles. The van der Waals surface area contributed by atoms with Crippen molar-refractivity contribution in [3.05, 3.63) is 72.2 Å². The molecule has 0 saturated heterocycles. The van der Waals surface area contributed by atoms with E-state index in [1.165, 1.54) is 0 Å². The molecule has 88 valence electrons. The number of aromatic nitrogens is 2. The number of fused-ring (bicyclic) bond motifs is 1. The molecule has 2 aromatic heterocycles. The van der Waals surface area contributed by atoms with Crippen LogP contribution in [0.1, 0.15) is 17.2 Å². The molecule has 0 aliphatic carbocycles. The standard InChI is InChI=1S/C15H13N3/c16-15(12-5-8-17-9-6-12)13-4-3-11-2-1-7-18-14(11)10-13/h1-10,15H,16H2. The number of nitrogens with zero attached hydrogens (tertiary/aromatic N) is 2. The molecule has 0 saturated carbocycles. The Morgan fingerprint density at radius 2 is 1.72 bits per heavy atom. The van der Waals surface area contributed by atoms with Crippen molar-refractivity contribution < 1.29 is 0 Å². The van der Waals surface area contributed by atoms with Gasteiger partial charge in [0, 0.05) is 24.0 Å². The fourth-order valence-electron chi connectivity index (χ4n) is 2.04. The summed E-state index contributed by atoms with van der Waals surface area (Å²) < 4.78 is 0. The smallest absolute Gasteiger partial charge is 0.0705 e. The second kappa shape index (κ2) is 4.55. The Labute approximate surface area is 105 Å². The van der Waals surface area contributed by atoms with Crippen molar-refractivity contribution in [1.82, 2.24) is 9.97 Å². The number of pyridine rings is 2. The Hall–Kier alpha value is -2.26. The molecule has 2 N–H and O–H groups in total. The third-order valence-electron chi connectivity index (χ3n) is 3.05. The van der Waals surface area contributed by atoms with Crippen LogP contribution in [-0.2, 0) is 0 Å². The van der Waals surface area contributed by atoms with Crippen molar-refractivity contribution in [3.8, 4) is 0 Å². The molecule has 0 radical (unpaired) electrons. The zero-order chi connectivity index (χ0) is 12.4. The highest BCUT2D eigenvalue weighted by Gasteiger charge is 2.09. The van der Waals surface area contributed by atoms with Crippen LogP contribution >= 0.6 is 0 Å². The number of benzene rings is 1. The lowest BCUT2D eigenvalue weighted by atomic mass is 9.99. The predicted octanol–water partition coefficient (Wildman–Crippen LogP) is 2.68. The fraction of sp³-hybridized carbons (Fsp3) is 0.0667. The molecule has 0 spiro atoms. The van der Waals surface area contributed by atoms with Crippen molar-refractivity contribution in [3.63, 3.8) is 0 Å². The van der Waals surface area contributed by atoms with Crippen LogP contribution in [0.15, 0.2) is 61.1 Å². The maximum absolute atomic E-state index is 6.25. The number of nitrogens with two attached hydrogens (primary N) is 1. The summed E-state index contributed by atoms with van der Waals surface area (Å²) in [7, 11) is 0. The van der Waals surface area contributed by atoms with Gasteiger partial charge >= 0.3 is 0 Å². The molecule has 3 nitrogen and oxygen atoms in total. The molecule has 3 rings (SSSR count). The maximum atomic E-state index is 6.25. The van der Waals surface area contributed by atoms with E-state index in [1.54, 1.807) is 18.6 Å². The fourth-order valence-corrected chi connectivity index (χ4v) is 2.04. The molecule has 0 bridgehead atoms. The van der Waals surface area contributed by atoms with Gasteiger partial charge in [0.05, 0.1) is 11.6 Å². The van der Waals surface area contributed by atoms with Crippen LogP contribution < -0.4 is 5.73 Å². The average molecular weight is 235 g/mol. The van der Waals surface area contributed by atoms with E-state index in [1.807, 2.05) is 30.3 Å². The zero-order valence-electron chi connectivity index (χ0n) is 9.82.